The number of halogens is 5. The quantitative estimate of drug-likeness (QED) is 0.180. The highest BCUT2D eigenvalue weighted by Crippen LogP contribution is 2.23. The van der Waals surface area contributed by atoms with E-state index in [1.807, 2.05) is 19.9 Å². The smallest absolute Gasteiger partial charge is 0.200 e. The minimum atomic E-state index is -2.19. The number of allylic oxidation sites excluding steroid dienone is 2. The van der Waals surface area contributed by atoms with E-state index in [0.29, 0.717) is 18.6 Å². The molecule has 0 atom stereocenters. The number of benzene rings is 1. The van der Waals surface area contributed by atoms with Crippen LogP contribution in [-0.4, -0.2) is 5.71 Å². The normalized spacial score (nSPS) is 11.5. The molecule has 1 aromatic rings. The third-order valence-corrected chi connectivity index (χ3v) is 2.79. The SMILES string of the molecule is CC(C)=CCC/C(C)=N\OCc1c(F)c(F)c(F)c(F)c1F. The summed E-state index contributed by atoms with van der Waals surface area (Å²) in [7, 11) is 0. The molecule has 0 radical (unpaired) electrons. The molecule has 22 heavy (non-hydrogen) atoms. The first kappa shape index (κ1) is 18.1. The molecule has 0 heterocycles. The van der Waals surface area contributed by atoms with Gasteiger partial charge in [0.2, 0.25) is 5.82 Å². The first-order valence-corrected chi connectivity index (χ1v) is 6.54. The van der Waals surface area contributed by atoms with Crippen molar-refractivity contribution >= 4 is 5.71 Å². The summed E-state index contributed by atoms with van der Waals surface area (Å²) in [5, 5.41) is 3.60. The van der Waals surface area contributed by atoms with Crippen LogP contribution in [0.3, 0.4) is 0 Å². The monoisotopic (exact) mass is 321 g/mol. The van der Waals surface area contributed by atoms with Crippen molar-refractivity contribution in [3.8, 4) is 0 Å². The maximum atomic E-state index is 13.4. The van der Waals surface area contributed by atoms with Gasteiger partial charge < -0.3 is 4.84 Å². The Kier molecular flexibility index (Phi) is 6.52. The topological polar surface area (TPSA) is 21.6 Å². The Morgan fingerprint density at radius 1 is 0.909 bits per heavy atom. The summed E-state index contributed by atoms with van der Waals surface area (Å²) in [6, 6.07) is 0. The number of oxime groups is 1. The van der Waals surface area contributed by atoms with Gasteiger partial charge in [0.15, 0.2) is 23.3 Å². The standard InChI is InChI=1S/C15H16F5NO/c1-8(2)5-4-6-9(3)21-22-7-10-11(16)13(18)15(20)14(19)12(10)17/h5H,4,6-7H2,1-3H3/b21-9-. The third-order valence-electron chi connectivity index (χ3n) is 2.79. The molecule has 0 aromatic heterocycles. The maximum absolute atomic E-state index is 13.4. The average Bonchev–Trinajstić information content (AvgIpc) is 2.46. The number of rotatable bonds is 6. The molecule has 122 valence electrons. The summed E-state index contributed by atoms with van der Waals surface area (Å²) in [4.78, 5) is 4.68. The second kappa shape index (κ2) is 7.91. The molecule has 1 rings (SSSR count). The summed E-state index contributed by atoms with van der Waals surface area (Å²) < 4.78 is 65.5. The molecule has 0 N–H and O–H groups in total. The Morgan fingerprint density at radius 3 is 1.91 bits per heavy atom. The Bertz CT molecular complexity index is 577. The lowest BCUT2D eigenvalue weighted by Gasteiger charge is -2.07. The highest BCUT2D eigenvalue weighted by molar-refractivity contribution is 5.81. The van der Waals surface area contributed by atoms with Gasteiger partial charge in [0.25, 0.3) is 0 Å². The van der Waals surface area contributed by atoms with Crippen LogP contribution in [0.4, 0.5) is 22.0 Å². The molecule has 0 saturated heterocycles. The van der Waals surface area contributed by atoms with Crippen molar-refractivity contribution in [2.45, 2.75) is 40.2 Å². The van der Waals surface area contributed by atoms with Gasteiger partial charge in [0.05, 0.1) is 11.3 Å². The molecular formula is C15H16F5NO. The average molecular weight is 321 g/mol. The minimum Gasteiger partial charge on any atom is -0.391 e. The molecule has 1 aromatic carbocycles. The van der Waals surface area contributed by atoms with Crippen LogP contribution >= 0.6 is 0 Å². The van der Waals surface area contributed by atoms with Crippen LogP contribution in [0.15, 0.2) is 16.8 Å². The predicted octanol–water partition coefficient (Wildman–Crippen LogP) is 5.02. The van der Waals surface area contributed by atoms with E-state index >= 15 is 0 Å². The van der Waals surface area contributed by atoms with Crippen LogP contribution in [0.25, 0.3) is 0 Å². The van der Waals surface area contributed by atoms with Crippen molar-refractivity contribution in [1.82, 2.24) is 0 Å². The van der Waals surface area contributed by atoms with Gasteiger partial charge >= 0.3 is 0 Å². The lowest BCUT2D eigenvalue weighted by Crippen LogP contribution is -2.08. The fraction of sp³-hybridized carbons (Fsp3) is 0.400. The van der Waals surface area contributed by atoms with Gasteiger partial charge in [-0.1, -0.05) is 16.8 Å². The minimum absolute atomic E-state index is 0.543. The van der Waals surface area contributed by atoms with Crippen molar-refractivity contribution < 1.29 is 26.8 Å². The van der Waals surface area contributed by atoms with Crippen LogP contribution in [0.1, 0.15) is 39.2 Å². The van der Waals surface area contributed by atoms with E-state index in [0.717, 1.165) is 5.57 Å². The predicted molar refractivity (Wildman–Crippen MR) is 72.8 cm³/mol. The van der Waals surface area contributed by atoms with Crippen LogP contribution in [0.5, 0.6) is 0 Å². The van der Waals surface area contributed by atoms with Gasteiger partial charge in [-0.2, -0.15) is 0 Å². The fourth-order valence-electron chi connectivity index (χ4n) is 1.60. The summed E-state index contributed by atoms with van der Waals surface area (Å²) in [6.45, 7) is 4.67. The van der Waals surface area contributed by atoms with E-state index in [1.54, 1.807) is 6.92 Å². The molecule has 2 nitrogen and oxygen atoms in total. The lowest BCUT2D eigenvalue weighted by molar-refractivity contribution is 0.122. The number of hydrogen-bond donors (Lipinski definition) is 0. The van der Waals surface area contributed by atoms with Gasteiger partial charge in [-0.15, -0.1) is 0 Å². The summed E-state index contributed by atoms with van der Waals surface area (Å²) in [6.07, 6.45) is 3.24. The highest BCUT2D eigenvalue weighted by Gasteiger charge is 2.25. The fourth-order valence-corrected chi connectivity index (χ4v) is 1.60. The second-order valence-electron chi connectivity index (χ2n) is 4.97. The molecule has 0 aliphatic rings. The maximum Gasteiger partial charge on any atom is 0.200 e. The Hall–Kier alpha value is -1.92. The molecular weight excluding hydrogens is 305 g/mol. The van der Waals surface area contributed by atoms with Crippen LogP contribution in [0, 0.1) is 29.1 Å². The van der Waals surface area contributed by atoms with Crippen molar-refractivity contribution in [3.63, 3.8) is 0 Å². The molecule has 7 heteroatoms. The number of nitrogens with zero attached hydrogens (tertiary/aromatic N) is 1. The van der Waals surface area contributed by atoms with E-state index in [2.05, 4.69) is 9.99 Å². The van der Waals surface area contributed by atoms with Gasteiger partial charge in [0.1, 0.15) is 6.61 Å². The Morgan fingerprint density at radius 2 is 1.41 bits per heavy atom. The van der Waals surface area contributed by atoms with E-state index in [1.165, 1.54) is 0 Å². The second-order valence-corrected chi connectivity index (χ2v) is 4.97. The first-order chi connectivity index (χ1) is 10.3. The summed E-state index contributed by atoms with van der Waals surface area (Å²) in [5.41, 5.74) is 0.633. The summed E-state index contributed by atoms with van der Waals surface area (Å²) in [5.74, 6) is -10.0. The first-order valence-electron chi connectivity index (χ1n) is 6.54. The molecule has 0 aliphatic carbocycles. The van der Waals surface area contributed by atoms with E-state index in [-0.39, 0.29) is 0 Å². The Balaban J connectivity index is 2.75. The molecule has 0 spiro atoms. The van der Waals surface area contributed by atoms with Crippen LogP contribution in [0.2, 0.25) is 0 Å². The highest BCUT2D eigenvalue weighted by atomic mass is 19.2. The Labute approximate surface area is 125 Å². The van der Waals surface area contributed by atoms with Crippen molar-refractivity contribution in [3.05, 3.63) is 46.3 Å². The molecule has 0 bridgehead atoms. The zero-order chi connectivity index (χ0) is 16.9. The molecule has 0 unspecified atom stereocenters. The van der Waals surface area contributed by atoms with Gasteiger partial charge in [-0.25, -0.2) is 22.0 Å². The zero-order valence-electron chi connectivity index (χ0n) is 12.4. The zero-order valence-corrected chi connectivity index (χ0v) is 12.4. The van der Waals surface area contributed by atoms with Crippen LogP contribution in [-0.2, 0) is 11.4 Å². The van der Waals surface area contributed by atoms with Gasteiger partial charge in [-0.3, -0.25) is 0 Å². The van der Waals surface area contributed by atoms with Crippen molar-refractivity contribution in [2.24, 2.45) is 5.16 Å². The summed E-state index contributed by atoms with van der Waals surface area (Å²) >= 11 is 0. The molecule has 0 amide bonds. The van der Waals surface area contributed by atoms with E-state index in [9.17, 15) is 22.0 Å². The van der Waals surface area contributed by atoms with Gasteiger partial charge in [0, 0.05) is 0 Å². The molecule has 0 saturated carbocycles. The van der Waals surface area contributed by atoms with Crippen molar-refractivity contribution in [2.75, 3.05) is 0 Å². The lowest BCUT2D eigenvalue weighted by atomic mass is 10.2. The molecule has 0 aliphatic heterocycles. The van der Waals surface area contributed by atoms with Crippen molar-refractivity contribution in [1.29, 1.82) is 0 Å². The van der Waals surface area contributed by atoms with Gasteiger partial charge in [-0.05, 0) is 33.6 Å². The largest absolute Gasteiger partial charge is 0.391 e. The number of hydrogen-bond acceptors (Lipinski definition) is 2. The molecule has 0 fully saturated rings. The van der Waals surface area contributed by atoms with Crippen LogP contribution < -0.4 is 0 Å². The third kappa shape index (κ3) is 4.54. The van der Waals surface area contributed by atoms with E-state index < -0.39 is 41.3 Å². The van der Waals surface area contributed by atoms with E-state index in [4.69, 9.17) is 0 Å².